The molecule has 3 atom stereocenters. The molecule has 0 heterocycles. The number of Topliss-reactive ketones (excluding diaryl/α,β-unsaturated/α-hetero) is 1. The van der Waals surface area contributed by atoms with Crippen LogP contribution in [-0.4, -0.2) is 30.3 Å². The SMILES string of the molecule is CCCCN(CCCC)CC1C(=O)CC(C)CC1C. The van der Waals surface area contributed by atoms with Gasteiger partial charge in [-0.25, -0.2) is 0 Å². The van der Waals surface area contributed by atoms with Gasteiger partial charge in [0.1, 0.15) is 5.78 Å². The van der Waals surface area contributed by atoms with Crippen molar-refractivity contribution >= 4 is 5.78 Å². The number of carbonyl (C=O) groups excluding carboxylic acids is 1. The highest BCUT2D eigenvalue weighted by Crippen LogP contribution is 2.31. The zero-order chi connectivity index (χ0) is 14.3. The third-order valence-corrected chi connectivity index (χ3v) is 4.53. The zero-order valence-corrected chi connectivity index (χ0v) is 13.5. The molecule has 2 heteroatoms. The van der Waals surface area contributed by atoms with Crippen LogP contribution in [0.1, 0.15) is 66.2 Å². The molecule has 0 aromatic carbocycles. The number of nitrogens with zero attached hydrogens (tertiary/aromatic N) is 1. The molecule has 0 amide bonds. The summed E-state index contributed by atoms with van der Waals surface area (Å²) in [6, 6.07) is 0. The number of ketones is 1. The molecule has 1 aliphatic rings. The topological polar surface area (TPSA) is 20.3 Å². The van der Waals surface area contributed by atoms with Gasteiger partial charge in [0.25, 0.3) is 0 Å². The van der Waals surface area contributed by atoms with E-state index in [2.05, 4.69) is 32.6 Å². The Morgan fingerprint density at radius 2 is 1.68 bits per heavy atom. The van der Waals surface area contributed by atoms with Crippen molar-refractivity contribution < 1.29 is 4.79 Å². The summed E-state index contributed by atoms with van der Waals surface area (Å²) in [4.78, 5) is 14.8. The molecule has 0 spiro atoms. The van der Waals surface area contributed by atoms with Crippen molar-refractivity contribution in [3.63, 3.8) is 0 Å². The summed E-state index contributed by atoms with van der Waals surface area (Å²) < 4.78 is 0. The average Bonchev–Trinajstić information content (AvgIpc) is 2.35. The Bertz CT molecular complexity index is 256. The van der Waals surface area contributed by atoms with Gasteiger partial charge < -0.3 is 4.90 Å². The Morgan fingerprint density at radius 3 is 2.16 bits per heavy atom. The maximum Gasteiger partial charge on any atom is 0.137 e. The molecule has 3 unspecified atom stereocenters. The predicted octanol–water partition coefficient (Wildman–Crippen LogP) is 4.14. The summed E-state index contributed by atoms with van der Waals surface area (Å²) in [6.45, 7) is 12.3. The lowest BCUT2D eigenvalue weighted by atomic mass is 9.74. The molecule has 0 aromatic heterocycles. The molecule has 0 N–H and O–H groups in total. The lowest BCUT2D eigenvalue weighted by Crippen LogP contribution is -2.41. The highest BCUT2D eigenvalue weighted by Gasteiger charge is 2.33. The second kappa shape index (κ2) is 8.73. The summed E-state index contributed by atoms with van der Waals surface area (Å²) >= 11 is 0. The number of hydrogen-bond donors (Lipinski definition) is 0. The summed E-state index contributed by atoms with van der Waals surface area (Å²) in [5, 5.41) is 0. The van der Waals surface area contributed by atoms with Crippen molar-refractivity contribution in [3.8, 4) is 0 Å². The standard InChI is InChI=1S/C17H33NO/c1-5-7-9-18(10-8-6-2)13-16-15(4)11-14(3)12-17(16)19/h14-16H,5-13H2,1-4H3. The first kappa shape index (κ1) is 16.7. The first-order chi connectivity index (χ1) is 9.08. The first-order valence-electron chi connectivity index (χ1n) is 8.33. The Labute approximate surface area is 119 Å². The van der Waals surface area contributed by atoms with E-state index in [9.17, 15) is 4.79 Å². The number of carbonyl (C=O) groups is 1. The van der Waals surface area contributed by atoms with Crippen LogP contribution in [0, 0.1) is 17.8 Å². The van der Waals surface area contributed by atoms with Crippen molar-refractivity contribution in [2.24, 2.45) is 17.8 Å². The van der Waals surface area contributed by atoms with E-state index in [0.717, 1.165) is 13.0 Å². The maximum atomic E-state index is 12.3. The fraction of sp³-hybridized carbons (Fsp3) is 0.941. The van der Waals surface area contributed by atoms with Crippen molar-refractivity contribution in [1.82, 2.24) is 4.90 Å². The molecule has 0 radical (unpaired) electrons. The van der Waals surface area contributed by atoms with Crippen LogP contribution in [-0.2, 0) is 4.79 Å². The number of unbranched alkanes of at least 4 members (excludes halogenated alkanes) is 2. The number of hydrogen-bond acceptors (Lipinski definition) is 2. The summed E-state index contributed by atoms with van der Waals surface area (Å²) in [7, 11) is 0. The van der Waals surface area contributed by atoms with Crippen LogP contribution < -0.4 is 0 Å². The van der Waals surface area contributed by atoms with E-state index in [4.69, 9.17) is 0 Å². The quantitative estimate of drug-likeness (QED) is 0.659. The first-order valence-corrected chi connectivity index (χ1v) is 8.33. The van der Waals surface area contributed by atoms with E-state index in [0.29, 0.717) is 23.5 Å². The van der Waals surface area contributed by atoms with Crippen LogP contribution in [0.15, 0.2) is 0 Å². The second-order valence-corrected chi connectivity index (χ2v) is 6.60. The van der Waals surface area contributed by atoms with Gasteiger partial charge in [-0.3, -0.25) is 4.79 Å². The minimum absolute atomic E-state index is 0.296. The van der Waals surface area contributed by atoms with Gasteiger partial charge in [-0.15, -0.1) is 0 Å². The summed E-state index contributed by atoms with van der Waals surface area (Å²) in [6.07, 6.45) is 7.04. The van der Waals surface area contributed by atoms with Crippen LogP contribution in [0.4, 0.5) is 0 Å². The molecular formula is C17H33NO. The summed E-state index contributed by atoms with van der Waals surface area (Å²) in [5.41, 5.74) is 0. The van der Waals surface area contributed by atoms with E-state index >= 15 is 0 Å². The van der Waals surface area contributed by atoms with Crippen molar-refractivity contribution in [2.75, 3.05) is 19.6 Å². The van der Waals surface area contributed by atoms with E-state index < -0.39 is 0 Å². The third-order valence-electron chi connectivity index (χ3n) is 4.53. The molecule has 19 heavy (non-hydrogen) atoms. The molecular weight excluding hydrogens is 234 g/mol. The number of rotatable bonds is 8. The fourth-order valence-corrected chi connectivity index (χ4v) is 3.31. The minimum atomic E-state index is 0.296. The molecule has 1 aliphatic carbocycles. The van der Waals surface area contributed by atoms with Crippen LogP contribution in [0.2, 0.25) is 0 Å². The van der Waals surface area contributed by atoms with Crippen LogP contribution in [0.25, 0.3) is 0 Å². The Kier molecular flexibility index (Phi) is 7.67. The average molecular weight is 267 g/mol. The third kappa shape index (κ3) is 5.64. The normalized spacial score (nSPS) is 28.1. The maximum absolute atomic E-state index is 12.3. The molecule has 0 bridgehead atoms. The predicted molar refractivity (Wildman–Crippen MR) is 82.3 cm³/mol. The molecule has 112 valence electrons. The Morgan fingerprint density at radius 1 is 1.11 bits per heavy atom. The molecule has 0 aromatic rings. The van der Waals surface area contributed by atoms with E-state index in [1.165, 1.54) is 45.2 Å². The van der Waals surface area contributed by atoms with E-state index in [1.807, 2.05) is 0 Å². The molecule has 1 rings (SSSR count). The molecule has 1 fully saturated rings. The van der Waals surface area contributed by atoms with Gasteiger partial charge in [0.15, 0.2) is 0 Å². The lowest BCUT2D eigenvalue weighted by Gasteiger charge is -2.35. The lowest BCUT2D eigenvalue weighted by molar-refractivity contribution is -0.128. The molecule has 2 nitrogen and oxygen atoms in total. The monoisotopic (exact) mass is 267 g/mol. The van der Waals surface area contributed by atoms with Gasteiger partial charge in [0, 0.05) is 18.9 Å². The van der Waals surface area contributed by atoms with Gasteiger partial charge in [0.2, 0.25) is 0 Å². The van der Waals surface area contributed by atoms with Crippen molar-refractivity contribution in [3.05, 3.63) is 0 Å². The van der Waals surface area contributed by atoms with E-state index in [1.54, 1.807) is 0 Å². The van der Waals surface area contributed by atoms with Crippen LogP contribution in [0.5, 0.6) is 0 Å². The van der Waals surface area contributed by atoms with Gasteiger partial charge in [-0.2, -0.15) is 0 Å². The van der Waals surface area contributed by atoms with Crippen molar-refractivity contribution in [1.29, 1.82) is 0 Å². The fourth-order valence-electron chi connectivity index (χ4n) is 3.31. The van der Waals surface area contributed by atoms with Gasteiger partial charge in [-0.1, -0.05) is 40.5 Å². The molecule has 0 saturated heterocycles. The Hall–Kier alpha value is -0.370. The Balaban J connectivity index is 2.52. The van der Waals surface area contributed by atoms with E-state index in [-0.39, 0.29) is 0 Å². The second-order valence-electron chi connectivity index (χ2n) is 6.60. The van der Waals surface area contributed by atoms with Gasteiger partial charge >= 0.3 is 0 Å². The summed E-state index contributed by atoms with van der Waals surface area (Å²) in [5.74, 6) is 1.98. The van der Waals surface area contributed by atoms with Crippen molar-refractivity contribution in [2.45, 2.75) is 66.2 Å². The van der Waals surface area contributed by atoms with Gasteiger partial charge in [0.05, 0.1) is 0 Å². The zero-order valence-electron chi connectivity index (χ0n) is 13.5. The smallest absolute Gasteiger partial charge is 0.137 e. The van der Waals surface area contributed by atoms with Crippen LogP contribution >= 0.6 is 0 Å². The minimum Gasteiger partial charge on any atom is -0.303 e. The highest BCUT2D eigenvalue weighted by molar-refractivity contribution is 5.82. The van der Waals surface area contributed by atoms with Gasteiger partial charge in [-0.05, 0) is 44.2 Å². The molecule has 1 saturated carbocycles. The van der Waals surface area contributed by atoms with Crippen LogP contribution in [0.3, 0.4) is 0 Å². The largest absolute Gasteiger partial charge is 0.303 e. The molecule has 0 aliphatic heterocycles. The highest BCUT2D eigenvalue weighted by atomic mass is 16.1.